The molecule has 0 saturated heterocycles. The predicted molar refractivity (Wildman–Crippen MR) is 95.1 cm³/mol. The molecule has 1 aliphatic carbocycles. The fourth-order valence-electron chi connectivity index (χ4n) is 4.14. The van der Waals surface area contributed by atoms with Crippen LogP contribution in [0.15, 0.2) is 34.7 Å². The molecule has 5 rings (SSSR count). The van der Waals surface area contributed by atoms with Gasteiger partial charge in [0.15, 0.2) is 0 Å². The minimum absolute atomic E-state index is 0.416. The van der Waals surface area contributed by atoms with Crippen molar-refractivity contribution >= 4 is 22.3 Å². The van der Waals surface area contributed by atoms with E-state index in [0.717, 1.165) is 46.2 Å². The molecule has 4 nitrogen and oxygen atoms in total. The third-order valence-corrected chi connectivity index (χ3v) is 5.43. The lowest BCUT2D eigenvalue weighted by Gasteiger charge is -2.21. The topological polar surface area (TPSA) is 50.5 Å². The Kier molecular flexibility index (Phi) is 2.86. The molecule has 3 aromatic rings. The third-order valence-electron chi connectivity index (χ3n) is 5.43. The molecule has 0 bridgehead atoms. The highest BCUT2D eigenvalue weighted by atomic mass is 16.3. The van der Waals surface area contributed by atoms with Crippen LogP contribution in [0.3, 0.4) is 0 Å². The molecule has 1 aromatic heterocycles. The van der Waals surface area contributed by atoms with E-state index in [1.54, 1.807) is 0 Å². The van der Waals surface area contributed by atoms with Gasteiger partial charge < -0.3 is 4.42 Å². The van der Waals surface area contributed by atoms with Crippen molar-refractivity contribution in [2.45, 2.75) is 19.9 Å². The zero-order chi connectivity index (χ0) is 17.3. The molecule has 0 amide bonds. The van der Waals surface area contributed by atoms with Crippen LogP contribution in [0.4, 0.5) is 0 Å². The molecule has 0 fully saturated rings. The second kappa shape index (κ2) is 4.90. The van der Waals surface area contributed by atoms with Gasteiger partial charge in [0.25, 0.3) is 0 Å². The number of carbonyl (C=O) groups excluding carboxylic acids is 2. The Morgan fingerprint density at radius 1 is 1.00 bits per heavy atom. The number of rotatable bonds is 0. The molecule has 0 atom stereocenters. The van der Waals surface area contributed by atoms with Crippen molar-refractivity contribution in [3.8, 4) is 11.3 Å². The van der Waals surface area contributed by atoms with E-state index in [-0.39, 0.29) is 0 Å². The van der Waals surface area contributed by atoms with E-state index in [1.807, 2.05) is 44.3 Å². The molecular weight excluding hydrogens is 314 g/mol. The van der Waals surface area contributed by atoms with Crippen LogP contribution < -0.4 is 0 Å². The first-order valence-corrected chi connectivity index (χ1v) is 8.51. The Bertz CT molecular complexity index is 1090. The molecule has 25 heavy (non-hydrogen) atoms. The average molecular weight is 331 g/mol. The lowest BCUT2D eigenvalue weighted by molar-refractivity contribution is 0.0815. The first-order chi connectivity index (χ1) is 12.1. The van der Waals surface area contributed by atoms with Crippen LogP contribution in [0.2, 0.25) is 0 Å². The Balaban J connectivity index is 1.86. The molecule has 4 heteroatoms. The van der Waals surface area contributed by atoms with Gasteiger partial charge in [-0.25, -0.2) is 0 Å². The number of fused-ring (bicyclic) bond motifs is 7. The lowest BCUT2D eigenvalue weighted by atomic mass is 9.82. The lowest BCUT2D eigenvalue weighted by Crippen LogP contribution is -2.28. The van der Waals surface area contributed by atoms with Crippen molar-refractivity contribution in [2.75, 3.05) is 13.6 Å². The van der Waals surface area contributed by atoms with Gasteiger partial charge >= 0.3 is 0 Å². The van der Waals surface area contributed by atoms with Gasteiger partial charge in [-0.15, -0.1) is 0 Å². The first kappa shape index (κ1) is 14.6. The maximum absolute atomic E-state index is 13.0. The molecule has 124 valence electrons. The van der Waals surface area contributed by atoms with Gasteiger partial charge in [0.05, 0.1) is 12.1 Å². The van der Waals surface area contributed by atoms with Crippen LogP contribution >= 0.6 is 0 Å². The highest BCUT2D eigenvalue weighted by Crippen LogP contribution is 2.42. The molecule has 2 aromatic carbocycles. The summed E-state index contributed by atoms with van der Waals surface area (Å²) in [6, 6.07) is 9.79. The van der Waals surface area contributed by atoms with E-state index in [2.05, 4.69) is 4.90 Å². The SMILES string of the molecule is Cc1cccc2c3c(ccc12)-c1oc2c(c1C(=O)C3=O)CCN(C)C2. The van der Waals surface area contributed by atoms with Crippen LogP contribution in [0.25, 0.3) is 22.1 Å². The van der Waals surface area contributed by atoms with Crippen molar-refractivity contribution in [3.63, 3.8) is 0 Å². The molecule has 2 aliphatic rings. The standard InChI is InChI=1S/C21H17NO3/c1-11-4-3-5-13-12(11)6-7-15-17(13)19(23)20(24)18-14-8-9-22(2)10-16(14)25-21(15)18/h3-7H,8-10H2,1-2H3. The number of benzene rings is 2. The van der Waals surface area contributed by atoms with Crippen molar-refractivity contribution < 1.29 is 14.0 Å². The van der Waals surface area contributed by atoms with Gasteiger partial charge in [0.2, 0.25) is 11.6 Å². The van der Waals surface area contributed by atoms with Gasteiger partial charge in [-0.05, 0) is 42.8 Å². The second-order valence-corrected chi connectivity index (χ2v) is 7.01. The van der Waals surface area contributed by atoms with Crippen LogP contribution in [0.1, 0.15) is 37.6 Å². The van der Waals surface area contributed by atoms with Gasteiger partial charge in [-0.2, -0.15) is 0 Å². The fourth-order valence-corrected chi connectivity index (χ4v) is 4.14. The van der Waals surface area contributed by atoms with Gasteiger partial charge in [-0.3, -0.25) is 14.5 Å². The smallest absolute Gasteiger partial charge is 0.237 e. The molecule has 0 saturated carbocycles. The summed E-state index contributed by atoms with van der Waals surface area (Å²) >= 11 is 0. The normalized spacial score (nSPS) is 16.7. The van der Waals surface area contributed by atoms with Gasteiger partial charge in [0, 0.05) is 23.2 Å². The summed E-state index contributed by atoms with van der Waals surface area (Å²) in [7, 11) is 2.03. The molecule has 0 radical (unpaired) electrons. The number of ketones is 2. The summed E-state index contributed by atoms with van der Waals surface area (Å²) in [5, 5.41) is 1.83. The maximum Gasteiger partial charge on any atom is 0.237 e. The van der Waals surface area contributed by atoms with E-state index in [0.29, 0.717) is 23.4 Å². The molecule has 0 spiro atoms. The molecular formula is C21H17NO3. The second-order valence-electron chi connectivity index (χ2n) is 7.01. The zero-order valence-electron chi connectivity index (χ0n) is 14.2. The van der Waals surface area contributed by atoms with E-state index < -0.39 is 11.6 Å². The summed E-state index contributed by atoms with van der Waals surface area (Å²) in [6.07, 6.45) is 0.742. The first-order valence-electron chi connectivity index (χ1n) is 8.51. The molecule has 0 unspecified atom stereocenters. The van der Waals surface area contributed by atoms with E-state index in [4.69, 9.17) is 4.42 Å². The van der Waals surface area contributed by atoms with Crippen molar-refractivity contribution in [1.29, 1.82) is 0 Å². The Morgan fingerprint density at radius 2 is 1.80 bits per heavy atom. The highest BCUT2D eigenvalue weighted by molar-refractivity contribution is 6.54. The van der Waals surface area contributed by atoms with Gasteiger partial charge in [-0.1, -0.05) is 24.3 Å². The number of carbonyl (C=O) groups is 2. The van der Waals surface area contributed by atoms with Crippen LogP contribution in [-0.2, 0) is 13.0 Å². The third kappa shape index (κ3) is 1.86. The van der Waals surface area contributed by atoms with Crippen molar-refractivity contribution in [3.05, 3.63) is 58.3 Å². The Hall–Kier alpha value is -2.72. The Morgan fingerprint density at radius 3 is 2.64 bits per heavy atom. The quantitative estimate of drug-likeness (QED) is 0.588. The van der Waals surface area contributed by atoms with Crippen LogP contribution in [0, 0.1) is 6.92 Å². The fraction of sp³-hybridized carbons (Fsp3) is 0.238. The summed E-state index contributed by atoms with van der Waals surface area (Å²) in [5.41, 5.74) is 3.73. The zero-order valence-corrected chi connectivity index (χ0v) is 14.2. The Labute approximate surface area is 145 Å². The van der Waals surface area contributed by atoms with E-state index >= 15 is 0 Å². The van der Waals surface area contributed by atoms with E-state index in [1.165, 1.54) is 0 Å². The number of nitrogens with zero attached hydrogens (tertiary/aromatic N) is 1. The minimum Gasteiger partial charge on any atom is -0.459 e. The number of hydrogen-bond donors (Lipinski definition) is 0. The molecule has 2 heterocycles. The van der Waals surface area contributed by atoms with Crippen LogP contribution in [0.5, 0.6) is 0 Å². The number of furan rings is 1. The van der Waals surface area contributed by atoms with Gasteiger partial charge in [0.1, 0.15) is 11.5 Å². The minimum atomic E-state index is -0.425. The van der Waals surface area contributed by atoms with Crippen LogP contribution in [-0.4, -0.2) is 30.1 Å². The number of aryl methyl sites for hydroxylation is 1. The van der Waals surface area contributed by atoms with Crippen molar-refractivity contribution in [1.82, 2.24) is 4.90 Å². The number of hydrogen-bond acceptors (Lipinski definition) is 4. The molecule has 0 N–H and O–H groups in total. The van der Waals surface area contributed by atoms with E-state index in [9.17, 15) is 9.59 Å². The summed E-state index contributed by atoms with van der Waals surface area (Å²) in [6.45, 7) is 3.55. The summed E-state index contributed by atoms with van der Waals surface area (Å²) in [5.74, 6) is 0.549. The molecule has 1 aliphatic heterocycles. The summed E-state index contributed by atoms with van der Waals surface area (Å²) in [4.78, 5) is 28.0. The maximum atomic E-state index is 13.0. The van der Waals surface area contributed by atoms with Crippen molar-refractivity contribution in [2.24, 2.45) is 0 Å². The number of likely N-dealkylation sites (N-methyl/N-ethyl adjacent to an activating group) is 1. The monoisotopic (exact) mass is 331 g/mol. The highest BCUT2D eigenvalue weighted by Gasteiger charge is 2.39. The predicted octanol–water partition coefficient (Wildman–Crippen LogP) is 3.78. The summed E-state index contributed by atoms with van der Waals surface area (Å²) < 4.78 is 6.11. The largest absolute Gasteiger partial charge is 0.459 e. The average Bonchev–Trinajstić information content (AvgIpc) is 2.98. The number of Topliss-reactive ketones (excluding diaryl/α,β-unsaturated/α-hetero) is 2.